The topological polar surface area (TPSA) is 68.8 Å². The number of hydrogen-bond acceptors (Lipinski definition) is 5. The number of benzene rings is 2. The van der Waals surface area contributed by atoms with Crippen molar-refractivity contribution < 1.29 is 19.0 Å². The Morgan fingerprint density at radius 1 is 1.13 bits per heavy atom. The van der Waals surface area contributed by atoms with Crippen molar-refractivity contribution in [1.82, 2.24) is 5.32 Å². The molecule has 1 heterocycles. The van der Waals surface area contributed by atoms with Crippen molar-refractivity contribution in [2.45, 2.75) is 45.1 Å². The van der Waals surface area contributed by atoms with Crippen LogP contribution in [0.1, 0.15) is 49.4 Å². The van der Waals surface area contributed by atoms with Crippen LogP contribution in [0.5, 0.6) is 11.5 Å². The van der Waals surface area contributed by atoms with E-state index in [1.54, 1.807) is 18.2 Å². The number of unbranched alkanes of at least 4 members (excludes halogenated alkanes) is 2. The van der Waals surface area contributed by atoms with Gasteiger partial charge in [0.2, 0.25) is 0 Å². The highest BCUT2D eigenvalue weighted by atomic mass is 32.1. The van der Waals surface area contributed by atoms with Crippen molar-refractivity contribution in [2.75, 3.05) is 25.1 Å². The molecule has 3 rings (SSSR count). The van der Waals surface area contributed by atoms with E-state index in [-0.39, 0.29) is 17.1 Å². The van der Waals surface area contributed by atoms with Crippen LogP contribution < -0.4 is 20.1 Å². The van der Waals surface area contributed by atoms with E-state index < -0.39 is 0 Å². The maximum Gasteiger partial charge on any atom is 0.261 e. The molecular formula is C24H30N2O4S. The molecule has 1 aliphatic rings. The molecule has 0 aliphatic carbocycles. The van der Waals surface area contributed by atoms with E-state index in [1.165, 1.54) is 0 Å². The van der Waals surface area contributed by atoms with Gasteiger partial charge in [-0.25, -0.2) is 0 Å². The van der Waals surface area contributed by atoms with Gasteiger partial charge in [-0.15, -0.1) is 0 Å². The molecule has 1 amide bonds. The lowest BCUT2D eigenvalue weighted by atomic mass is 10.2. The Kier molecular flexibility index (Phi) is 9.12. The number of para-hydroxylation sites is 1. The summed E-state index contributed by atoms with van der Waals surface area (Å²) in [5.74, 6) is 1.02. The highest BCUT2D eigenvalue weighted by Gasteiger charge is 2.16. The molecule has 6 nitrogen and oxygen atoms in total. The molecule has 1 fully saturated rings. The fourth-order valence-corrected chi connectivity index (χ4v) is 3.46. The molecule has 0 radical (unpaired) electrons. The van der Waals surface area contributed by atoms with E-state index >= 15 is 0 Å². The predicted molar refractivity (Wildman–Crippen MR) is 126 cm³/mol. The molecule has 0 spiro atoms. The third-order valence-corrected chi connectivity index (χ3v) is 5.14. The van der Waals surface area contributed by atoms with Gasteiger partial charge in [-0.1, -0.05) is 31.9 Å². The minimum atomic E-state index is -0.305. The van der Waals surface area contributed by atoms with Gasteiger partial charge in [0.25, 0.3) is 5.91 Å². The number of ether oxygens (including phenoxy) is 3. The van der Waals surface area contributed by atoms with E-state index in [0.717, 1.165) is 50.1 Å². The second-order valence-electron chi connectivity index (χ2n) is 7.43. The predicted octanol–water partition coefficient (Wildman–Crippen LogP) is 4.94. The molecule has 0 aromatic heterocycles. The van der Waals surface area contributed by atoms with Crippen LogP contribution in [0.25, 0.3) is 0 Å². The molecule has 1 atom stereocenters. The Morgan fingerprint density at radius 2 is 1.94 bits per heavy atom. The second kappa shape index (κ2) is 12.3. The number of rotatable bonds is 10. The Bertz CT molecular complexity index is 851. The minimum absolute atomic E-state index is 0.180. The summed E-state index contributed by atoms with van der Waals surface area (Å²) in [4.78, 5) is 12.7. The van der Waals surface area contributed by atoms with Gasteiger partial charge in [0.1, 0.15) is 18.1 Å². The van der Waals surface area contributed by atoms with Crippen LogP contribution >= 0.6 is 12.2 Å². The van der Waals surface area contributed by atoms with Crippen LogP contribution in [0, 0.1) is 0 Å². The highest BCUT2D eigenvalue weighted by Crippen LogP contribution is 2.20. The molecule has 1 saturated heterocycles. The summed E-state index contributed by atoms with van der Waals surface area (Å²) in [6.07, 6.45) is 5.49. The second-order valence-corrected chi connectivity index (χ2v) is 7.84. The van der Waals surface area contributed by atoms with Crippen molar-refractivity contribution in [3.8, 4) is 11.5 Å². The van der Waals surface area contributed by atoms with Gasteiger partial charge in [0.05, 0.1) is 18.3 Å². The Balaban J connectivity index is 1.48. The van der Waals surface area contributed by atoms with Crippen LogP contribution in [0.15, 0.2) is 48.5 Å². The summed E-state index contributed by atoms with van der Waals surface area (Å²) >= 11 is 5.30. The quantitative estimate of drug-likeness (QED) is 0.401. The lowest BCUT2D eigenvalue weighted by Crippen LogP contribution is -2.34. The fraction of sp³-hybridized carbons (Fsp3) is 0.417. The van der Waals surface area contributed by atoms with Crippen molar-refractivity contribution >= 4 is 28.9 Å². The lowest BCUT2D eigenvalue weighted by Gasteiger charge is -2.14. The minimum Gasteiger partial charge on any atom is -0.493 e. The zero-order chi connectivity index (χ0) is 21.9. The standard InChI is InChI=1S/C24H30N2O4S/c1-2-3-6-15-29-22-10-5-4-9-21(22)23(27)26-24(31)25-18-11-13-19(14-12-18)30-17-20-8-7-16-28-20/h4-5,9-14,20H,2-3,6-8,15-17H2,1H3,(H2,25,26,27,31). The Labute approximate surface area is 189 Å². The first-order chi connectivity index (χ1) is 15.2. The van der Waals surface area contributed by atoms with E-state index in [9.17, 15) is 4.79 Å². The smallest absolute Gasteiger partial charge is 0.261 e. The number of thiocarbonyl (C=S) groups is 1. The van der Waals surface area contributed by atoms with Gasteiger partial charge < -0.3 is 19.5 Å². The molecule has 166 valence electrons. The average Bonchev–Trinajstić information content (AvgIpc) is 3.30. The van der Waals surface area contributed by atoms with Crippen molar-refractivity contribution in [3.63, 3.8) is 0 Å². The summed E-state index contributed by atoms with van der Waals surface area (Å²) in [7, 11) is 0. The van der Waals surface area contributed by atoms with E-state index in [2.05, 4.69) is 17.6 Å². The van der Waals surface area contributed by atoms with Crippen LogP contribution in [0.3, 0.4) is 0 Å². The van der Waals surface area contributed by atoms with E-state index in [1.807, 2.05) is 30.3 Å². The molecule has 2 aromatic rings. The average molecular weight is 443 g/mol. The van der Waals surface area contributed by atoms with Crippen LogP contribution in [0.4, 0.5) is 5.69 Å². The maximum atomic E-state index is 12.7. The molecule has 7 heteroatoms. The Morgan fingerprint density at radius 3 is 2.68 bits per heavy atom. The van der Waals surface area contributed by atoms with Gasteiger partial charge in [-0.2, -0.15) is 0 Å². The molecule has 0 bridgehead atoms. The lowest BCUT2D eigenvalue weighted by molar-refractivity contribution is 0.0679. The molecule has 2 N–H and O–H groups in total. The molecule has 31 heavy (non-hydrogen) atoms. The van der Waals surface area contributed by atoms with Crippen molar-refractivity contribution in [2.24, 2.45) is 0 Å². The SMILES string of the molecule is CCCCCOc1ccccc1C(=O)NC(=S)Nc1ccc(OCC2CCCO2)cc1. The van der Waals surface area contributed by atoms with E-state index in [4.69, 9.17) is 26.4 Å². The molecule has 0 saturated carbocycles. The molecular weight excluding hydrogens is 412 g/mol. The fourth-order valence-electron chi connectivity index (χ4n) is 3.25. The van der Waals surface area contributed by atoms with Crippen molar-refractivity contribution in [3.05, 3.63) is 54.1 Å². The van der Waals surface area contributed by atoms with Gasteiger partial charge in [0.15, 0.2) is 5.11 Å². The first-order valence-corrected chi connectivity index (χ1v) is 11.2. The number of nitrogens with one attached hydrogen (secondary N) is 2. The van der Waals surface area contributed by atoms with Gasteiger partial charge in [0, 0.05) is 12.3 Å². The van der Waals surface area contributed by atoms with Crippen LogP contribution in [-0.2, 0) is 4.74 Å². The van der Waals surface area contributed by atoms with Crippen LogP contribution in [0.2, 0.25) is 0 Å². The largest absolute Gasteiger partial charge is 0.493 e. The zero-order valence-electron chi connectivity index (χ0n) is 17.9. The van der Waals surface area contributed by atoms with Crippen molar-refractivity contribution in [1.29, 1.82) is 0 Å². The zero-order valence-corrected chi connectivity index (χ0v) is 18.7. The van der Waals surface area contributed by atoms with Crippen LogP contribution in [-0.4, -0.2) is 36.9 Å². The summed E-state index contributed by atoms with van der Waals surface area (Å²) < 4.78 is 17.1. The summed E-state index contributed by atoms with van der Waals surface area (Å²) in [6.45, 7) is 4.10. The summed E-state index contributed by atoms with van der Waals surface area (Å²) in [5, 5.41) is 5.96. The third kappa shape index (κ3) is 7.52. The first kappa shape index (κ1) is 23.0. The monoisotopic (exact) mass is 442 g/mol. The molecule has 1 unspecified atom stereocenters. The Hall–Kier alpha value is -2.64. The number of amides is 1. The summed E-state index contributed by atoms with van der Waals surface area (Å²) in [6, 6.07) is 14.6. The third-order valence-electron chi connectivity index (χ3n) is 4.94. The first-order valence-electron chi connectivity index (χ1n) is 10.8. The van der Waals surface area contributed by atoms with Gasteiger partial charge in [-0.3, -0.25) is 10.1 Å². The number of anilines is 1. The van der Waals surface area contributed by atoms with Gasteiger partial charge in [-0.05, 0) is 67.9 Å². The maximum absolute atomic E-state index is 12.7. The van der Waals surface area contributed by atoms with E-state index in [0.29, 0.717) is 24.5 Å². The molecule has 2 aromatic carbocycles. The normalized spacial score (nSPS) is 15.3. The number of carbonyl (C=O) groups is 1. The number of carbonyl (C=O) groups excluding carboxylic acids is 1. The number of hydrogen-bond donors (Lipinski definition) is 2. The highest BCUT2D eigenvalue weighted by molar-refractivity contribution is 7.80. The molecule has 1 aliphatic heterocycles. The summed E-state index contributed by atoms with van der Waals surface area (Å²) in [5.41, 5.74) is 1.22. The van der Waals surface area contributed by atoms with Gasteiger partial charge >= 0.3 is 0 Å².